The van der Waals surface area contributed by atoms with E-state index in [1.165, 1.54) is 12.8 Å². The molecule has 0 radical (unpaired) electrons. The van der Waals surface area contributed by atoms with E-state index in [0.29, 0.717) is 11.9 Å². The molecule has 1 saturated carbocycles. The Labute approximate surface area is 138 Å². The van der Waals surface area contributed by atoms with E-state index in [-0.39, 0.29) is 12.6 Å². The summed E-state index contributed by atoms with van der Waals surface area (Å²) < 4.78 is 0.986. The molecule has 1 aromatic heterocycles. The van der Waals surface area contributed by atoms with Gasteiger partial charge in [0.1, 0.15) is 5.82 Å². The summed E-state index contributed by atoms with van der Waals surface area (Å²) in [4.78, 5) is 9.06. The van der Waals surface area contributed by atoms with Crippen LogP contribution in [0.3, 0.4) is 0 Å². The smallest absolute Gasteiger partial charge is 0.225 e. The maximum absolute atomic E-state index is 9.19. The maximum Gasteiger partial charge on any atom is 0.225 e. The zero-order valence-electron chi connectivity index (χ0n) is 12.4. The molecule has 1 aliphatic rings. The summed E-state index contributed by atoms with van der Waals surface area (Å²) in [6, 6.07) is 9.85. The second-order valence-corrected chi connectivity index (χ2v) is 6.46. The zero-order valence-corrected chi connectivity index (χ0v) is 14.0. The minimum atomic E-state index is -0.0780. The number of anilines is 3. The van der Waals surface area contributed by atoms with Crippen LogP contribution in [0.25, 0.3) is 0 Å². The largest absolute Gasteiger partial charge is 0.394 e. The Kier molecular flexibility index (Phi) is 4.59. The second-order valence-electron chi connectivity index (χ2n) is 5.61. The van der Waals surface area contributed by atoms with Crippen LogP contribution in [0.15, 0.2) is 34.8 Å². The predicted molar refractivity (Wildman–Crippen MR) is 91.6 cm³/mol. The van der Waals surface area contributed by atoms with Gasteiger partial charge in [0.05, 0.1) is 18.0 Å². The van der Waals surface area contributed by atoms with Crippen molar-refractivity contribution >= 4 is 33.4 Å². The number of aliphatic hydroxyl groups excluding tert-OH is 1. The Bertz CT molecular complexity index is 660. The van der Waals surface area contributed by atoms with Gasteiger partial charge in [0.15, 0.2) is 0 Å². The summed E-state index contributed by atoms with van der Waals surface area (Å²) in [5, 5.41) is 15.6. The molecule has 6 heteroatoms. The lowest BCUT2D eigenvalue weighted by molar-refractivity contribution is 0.281. The maximum atomic E-state index is 9.19. The van der Waals surface area contributed by atoms with Crippen molar-refractivity contribution in [1.29, 1.82) is 0 Å². The Hall–Kier alpha value is -1.66. The topological polar surface area (TPSA) is 70.1 Å². The number of rotatable bonds is 6. The van der Waals surface area contributed by atoms with Gasteiger partial charge in [0.2, 0.25) is 5.95 Å². The quantitative estimate of drug-likeness (QED) is 0.731. The number of para-hydroxylation sites is 1. The third kappa shape index (κ3) is 3.75. The van der Waals surface area contributed by atoms with Crippen molar-refractivity contribution in [3.63, 3.8) is 0 Å². The predicted octanol–water partition coefficient (Wildman–Crippen LogP) is 3.65. The minimum absolute atomic E-state index is 0.0456. The number of hydrogen-bond donors (Lipinski definition) is 3. The molecule has 0 saturated heterocycles. The molecule has 0 unspecified atom stereocenters. The van der Waals surface area contributed by atoms with Crippen molar-refractivity contribution in [3.05, 3.63) is 40.5 Å². The monoisotopic (exact) mass is 362 g/mol. The summed E-state index contributed by atoms with van der Waals surface area (Å²) in [6.07, 6.45) is 2.36. The van der Waals surface area contributed by atoms with Crippen LogP contribution in [-0.2, 0) is 0 Å². The molecule has 0 spiro atoms. The number of hydrogen-bond acceptors (Lipinski definition) is 5. The molecule has 1 atom stereocenters. The van der Waals surface area contributed by atoms with Crippen LogP contribution in [-0.4, -0.2) is 27.7 Å². The zero-order chi connectivity index (χ0) is 15.5. The van der Waals surface area contributed by atoms with Crippen LogP contribution in [0.4, 0.5) is 17.5 Å². The average Bonchev–Trinajstić information content (AvgIpc) is 3.34. The fraction of sp³-hybridized carbons (Fsp3) is 0.375. The fourth-order valence-electron chi connectivity index (χ4n) is 2.15. The van der Waals surface area contributed by atoms with E-state index < -0.39 is 0 Å². The fourth-order valence-corrected chi connectivity index (χ4v) is 2.53. The van der Waals surface area contributed by atoms with Crippen LogP contribution in [0, 0.1) is 0 Å². The van der Waals surface area contributed by atoms with Gasteiger partial charge in [-0.3, -0.25) is 0 Å². The van der Waals surface area contributed by atoms with Crippen molar-refractivity contribution in [2.24, 2.45) is 0 Å². The third-order valence-corrected chi connectivity index (χ3v) is 4.22. The minimum Gasteiger partial charge on any atom is -0.394 e. The molecule has 1 aliphatic carbocycles. The van der Waals surface area contributed by atoms with Crippen LogP contribution >= 0.6 is 15.9 Å². The summed E-state index contributed by atoms with van der Waals surface area (Å²) in [7, 11) is 0. The van der Waals surface area contributed by atoms with E-state index in [9.17, 15) is 5.11 Å². The number of aliphatic hydroxyl groups is 1. The van der Waals surface area contributed by atoms with E-state index >= 15 is 0 Å². The lowest BCUT2D eigenvalue weighted by Gasteiger charge is -2.14. The summed E-state index contributed by atoms with van der Waals surface area (Å²) >= 11 is 3.53. The van der Waals surface area contributed by atoms with Gasteiger partial charge in [-0.15, -0.1) is 0 Å². The summed E-state index contributed by atoms with van der Waals surface area (Å²) in [5.41, 5.74) is 2.02. The van der Waals surface area contributed by atoms with Crippen LogP contribution in [0.2, 0.25) is 0 Å². The van der Waals surface area contributed by atoms with E-state index in [1.807, 2.05) is 37.3 Å². The summed E-state index contributed by atoms with van der Waals surface area (Å²) in [6.45, 7) is 1.94. The molecule has 0 amide bonds. The molecule has 22 heavy (non-hydrogen) atoms. The number of benzene rings is 1. The third-order valence-electron chi connectivity index (χ3n) is 3.53. The lowest BCUT2D eigenvalue weighted by atomic mass is 10.2. The lowest BCUT2D eigenvalue weighted by Crippen LogP contribution is -2.21. The first-order valence-corrected chi connectivity index (χ1v) is 8.23. The number of nitrogens with zero attached hydrogens (tertiary/aromatic N) is 2. The number of nitrogens with one attached hydrogen (secondary N) is 2. The molecule has 116 valence electrons. The van der Waals surface area contributed by atoms with Gasteiger partial charge in [-0.05, 0) is 47.8 Å². The molecular formula is C16H19BrN4O. The Morgan fingerprint density at radius 1 is 1.32 bits per heavy atom. The first kappa shape index (κ1) is 15.2. The highest BCUT2D eigenvalue weighted by molar-refractivity contribution is 9.10. The van der Waals surface area contributed by atoms with Gasteiger partial charge in [-0.25, -0.2) is 4.98 Å². The van der Waals surface area contributed by atoms with Crippen molar-refractivity contribution in [2.45, 2.75) is 31.7 Å². The number of aromatic nitrogens is 2. The Morgan fingerprint density at radius 3 is 2.77 bits per heavy atom. The SMILES string of the molecule is C[C@H](CO)Nc1nc(Nc2ccccc2Br)cc(C2CC2)n1. The first-order valence-electron chi connectivity index (χ1n) is 7.43. The highest BCUT2D eigenvalue weighted by atomic mass is 79.9. The molecule has 1 aromatic carbocycles. The van der Waals surface area contributed by atoms with E-state index in [1.54, 1.807) is 0 Å². The van der Waals surface area contributed by atoms with Gasteiger partial charge in [-0.2, -0.15) is 4.98 Å². The van der Waals surface area contributed by atoms with Crippen molar-refractivity contribution < 1.29 is 5.11 Å². The summed E-state index contributed by atoms with van der Waals surface area (Å²) in [5.74, 6) is 1.85. The highest BCUT2D eigenvalue weighted by Gasteiger charge is 2.26. The van der Waals surface area contributed by atoms with Gasteiger partial charge in [-0.1, -0.05) is 12.1 Å². The molecule has 2 aromatic rings. The van der Waals surface area contributed by atoms with Gasteiger partial charge < -0.3 is 15.7 Å². The average molecular weight is 363 g/mol. The first-order chi connectivity index (χ1) is 10.7. The van der Waals surface area contributed by atoms with Crippen molar-refractivity contribution in [3.8, 4) is 0 Å². The Balaban J connectivity index is 1.87. The standard InChI is InChI=1S/C16H19BrN4O/c1-10(9-22)18-16-20-14(11-6-7-11)8-15(21-16)19-13-5-3-2-4-12(13)17/h2-5,8,10-11,22H,6-7,9H2,1H3,(H2,18,19,20,21)/t10-/m1/s1. The second kappa shape index (κ2) is 6.62. The van der Waals surface area contributed by atoms with Crippen molar-refractivity contribution in [2.75, 3.05) is 17.2 Å². The normalized spacial score (nSPS) is 15.4. The molecular weight excluding hydrogens is 344 g/mol. The highest BCUT2D eigenvalue weighted by Crippen LogP contribution is 2.40. The molecule has 0 aliphatic heterocycles. The van der Waals surface area contributed by atoms with Gasteiger partial charge in [0.25, 0.3) is 0 Å². The van der Waals surface area contributed by atoms with Crippen molar-refractivity contribution in [1.82, 2.24) is 9.97 Å². The molecule has 1 fully saturated rings. The molecule has 5 nitrogen and oxygen atoms in total. The van der Waals surface area contributed by atoms with E-state index in [0.717, 1.165) is 21.7 Å². The molecule has 1 heterocycles. The molecule has 3 N–H and O–H groups in total. The Morgan fingerprint density at radius 2 is 2.09 bits per heavy atom. The van der Waals surface area contributed by atoms with Gasteiger partial charge in [0, 0.05) is 22.5 Å². The number of halogens is 1. The molecule has 3 rings (SSSR count). The van der Waals surface area contributed by atoms with Crippen LogP contribution < -0.4 is 10.6 Å². The van der Waals surface area contributed by atoms with Crippen LogP contribution in [0.1, 0.15) is 31.4 Å². The van der Waals surface area contributed by atoms with Crippen LogP contribution in [0.5, 0.6) is 0 Å². The van der Waals surface area contributed by atoms with E-state index in [2.05, 4.69) is 36.5 Å². The van der Waals surface area contributed by atoms with E-state index in [4.69, 9.17) is 0 Å². The van der Waals surface area contributed by atoms with Gasteiger partial charge >= 0.3 is 0 Å². The molecule has 0 bridgehead atoms.